The van der Waals surface area contributed by atoms with Crippen molar-refractivity contribution >= 4 is 23.2 Å². The lowest BCUT2D eigenvalue weighted by Crippen LogP contribution is -2.33. The topological polar surface area (TPSA) is 134 Å². The molecule has 1 aromatic heterocycles. The van der Waals surface area contributed by atoms with Gasteiger partial charge in [0.1, 0.15) is 11.1 Å². The van der Waals surface area contributed by atoms with Gasteiger partial charge in [0.25, 0.3) is 0 Å². The van der Waals surface area contributed by atoms with Crippen LogP contribution in [0.2, 0.25) is 0 Å². The lowest BCUT2D eigenvalue weighted by Gasteiger charge is -2.11. The average Bonchev–Trinajstić information content (AvgIpc) is 2.64. The molecule has 1 heterocycles. The minimum absolute atomic E-state index is 0.0706. The molecular weight excluding hydrogens is 224 g/mol. The molecule has 5 N–H and O–H groups in total. The highest BCUT2D eigenvalue weighted by atomic mass is 32.1. The third-order valence-electron chi connectivity index (χ3n) is 1.58. The summed E-state index contributed by atoms with van der Waals surface area (Å²) in [4.78, 5) is 24.5. The van der Waals surface area contributed by atoms with E-state index in [0.29, 0.717) is 0 Å². The lowest BCUT2D eigenvalue weighted by molar-refractivity contribution is -0.131. The SMILES string of the molecule is NC(=O)C(O)C(O)c1nc(C(=O)O)cs1. The molecule has 0 saturated heterocycles. The maximum absolute atomic E-state index is 10.5. The van der Waals surface area contributed by atoms with Gasteiger partial charge in [-0.25, -0.2) is 9.78 Å². The van der Waals surface area contributed by atoms with Crippen molar-refractivity contribution in [3.8, 4) is 0 Å². The van der Waals surface area contributed by atoms with E-state index in [1.54, 1.807) is 0 Å². The summed E-state index contributed by atoms with van der Waals surface area (Å²) in [5.74, 6) is -2.35. The van der Waals surface area contributed by atoms with Crippen LogP contribution >= 0.6 is 11.3 Å². The average molecular weight is 232 g/mol. The first kappa shape index (κ1) is 11.6. The van der Waals surface area contributed by atoms with Gasteiger partial charge in [-0.1, -0.05) is 0 Å². The van der Waals surface area contributed by atoms with Gasteiger partial charge in [-0.15, -0.1) is 11.3 Å². The lowest BCUT2D eigenvalue weighted by atomic mass is 10.2. The van der Waals surface area contributed by atoms with Gasteiger partial charge in [0.05, 0.1) is 0 Å². The quantitative estimate of drug-likeness (QED) is 0.511. The number of amides is 1. The fourth-order valence-corrected chi connectivity index (χ4v) is 1.62. The molecule has 0 radical (unpaired) electrons. The van der Waals surface area contributed by atoms with Gasteiger partial charge in [0.15, 0.2) is 11.8 Å². The zero-order valence-corrected chi connectivity index (χ0v) is 8.14. The van der Waals surface area contributed by atoms with Crippen molar-refractivity contribution in [2.24, 2.45) is 5.73 Å². The van der Waals surface area contributed by atoms with E-state index in [0.717, 1.165) is 11.3 Å². The molecule has 1 rings (SSSR count). The van der Waals surface area contributed by atoms with Crippen LogP contribution in [0.25, 0.3) is 0 Å². The largest absolute Gasteiger partial charge is 0.476 e. The van der Waals surface area contributed by atoms with E-state index in [1.165, 1.54) is 5.38 Å². The molecule has 7 nitrogen and oxygen atoms in total. The van der Waals surface area contributed by atoms with Gasteiger partial charge in [-0.05, 0) is 0 Å². The standard InChI is InChI=1S/C7H8N2O5S/c8-5(12)3(10)4(11)6-9-2(1-15-6)7(13)14/h1,3-4,10-11H,(H2,8,12)(H,13,14). The summed E-state index contributed by atoms with van der Waals surface area (Å²) in [6.45, 7) is 0. The van der Waals surface area contributed by atoms with E-state index in [1.807, 2.05) is 0 Å². The second-order valence-corrected chi connectivity index (χ2v) is 3.56. The van der Waals surface area contributed by atoms with Crippen LogP contribution in [0.5, 0.6) is 0 Å². The Labute approximate surface area is 87.8 Å². The number of nitrogens with zero attached hydrogens (tertiary/aromatic N) is 1. The van der Waals surface area contributed by atoms with E-state index in [4.69, 9.17) is 15.9 Å². The Hall–Kier alpha value is -1.51. The summed E-state index contributed by atoms with van der Waals surface area (Å²) < 4.78 is 0. The zero-order valence-electron chi connectivity index (χ0n) is 7.32. The second kappa shape index (κ2) is 4.34. The molecule has 0 bridgehead atoms. The van der Waals surface area contributed by atoms with Crippen molar-refractivity contribution < 1.29 is 24.9 Å². The zero-order chi connectivity index (χ0) is 11.6. The molecule has 8 heteroatoms. The molecule has 0 aliphatic rings. The van der Waals surface area contributed by atoms with Crippen molar-refractivity contribution in [1.82, 2.24) is 4.98 Å². The molecule has 0 fully saturated rings. The van der Waals surface area contributed by atoms with E-state index < -0.39 is 24.1 Å². The van der Waals surface area contributed by atoms with Crippen LogP contribution in [0.4, 0.5) is 0 Å². The summed E-state index contributed by atoms with van der Waals surface area (Å²) in [5, 5.41) is 28.1. The van der Waals surface area contributed by atoms with Crippen LogP contribution < -0.4 is 5.73 Å². The maximum atomic E-state index is 10.5. The smallest absolute Gasteiger partial charge is 0.355 e. The van der Waals surface area contributed by atoms with Crippen molar-refractivity contribution in [3.05, 3.63) is 16.1 Å². The Balaban J connectivity index is 2.87. The first-order chi connectivity index (χ1) is 6.93. The third kappa shape index (κ3) is 2.49. The number of nitrogens with two attached hydrogens (primary N) is 1. The fraction of sp³-hybridized carbons (Fsp3) is 0.286. The van der Waals surface area contributed by atoms with Crippen LogP contribution in [-0.4, -0.2) is 38.3 Å². The highest BCUT2D eigenvalue weighted by Gasteiger charge is 2.26. The minimum Gasteiger partial charge on any atom is -0.476 e. The van der Waals surface area contributed by atoms with Crippen LogP contribution in [0, 0.1) is 0 Å². The number of carboxylic acid groups (broad SMARTS) is 1. The summed E-state index contributed by atoms with van der Waals surface area (Å²) in [5.41, 5.74) is 4.49. The molecule has 15 heavy (non-hydrogen) atoms. The predicted octanol–water partition coefficient (Wildman–Crippen LogP) is -1.28. The predicted molar refractivity (Wildman–Crippen MR) is 49.2 cm³/mol. The number of thiazole rings is 1. The molecule has 0 aliphatic heterocycles. The number of carboxylic acids is 1. The molecule has 2 atom stereocenters. The summed E-state index contributed by atoms with van der Waals surface area (Å²) in [6.07, 6.45) is -3.39. The Morgan fingerprint density at radius 2 is 2.07 bits per heavy atom. The number of carbonyl (C=O) groups excluding carboxylic acids is 1. The fourth-order valence-electron chi connectivity index (χ4n) is 0.812. The van der Waals surface area contributed by atoms with Gasteiger partial charge in [-0.3, -0.25) is 4.79 Å². The van der Waals surface area contributed by atoms with Crippen molar-refractivity contribution in [2.75, 3.05) is 0 Å². The molecule has 1 amide bonds. The van der Waals surface area contributed by atoms with E-state index in [2.05, 4.69) is 4.98 Å². The number of rotatable bonds is 4. The molecule has 0 aliphatic carbocycles. The molecule has 2 unspecified atom stereocenters. The maximum Gasteiger partial charge on any atom is 0.355 e. The number of hydrogen-bond donors (Lipinski definition) is 4. The Morgan fingerprint density at radius 3 is 2.47 bits per heavy atom. The Kier molecular flexibility index (Phi) is 3.35. The first-order valence-corrected chi connectivity index (χ1v) is 4.65. The number of aliphatic hydroxyl groups is 2. The highest BCUT2D eigenvalue weighted by Crippen LogP contribution is 2.21. The van der Waals surface area contributed by atoms with Crippen molar-refractivity contribution in [1.29, 1.82) is 0 Å². The third-order valence-corrected chi connectivity index (χ3v) is 2.50. The number of aromatic nitrogens is 1. The number of primary amides is 1. The number of carbonyl (C=O) groups is 2. The van der Waals surface area contributed by atoms with E-state index in [-0.39, 0.29) is 10.7 Å². The van der Waals surface area contributed by atoms with Crippen LogP contribution in [0.15, 0.2) is 5.38 Å². The van der Waals surface area contributed by atoms with Gasteiger partial charge in [-0.2, -0.15) is 0 Å². The number of aromatic carboxylic acids is 1. The van der Waals surface area contributed by atoms with Gasteiger partial charge >= 0.3 is 5.97 Å². The van der Waals surface area contributed by atoms with Crippen molar-refractivity contribution in [2.45, 2.75) is 12.2 Å². The van der Waals surface area contributed by atoms with E-state index >= 15 is 0 Å². The van der Waals surface area contributed by atoms with Crippen LogP contribution in [0.3, 0.4) is 0 Å². The Morgan fingerprint density at radius 1 is 1.47 bits per heavy atom. The number of hydrogen-bond acceptors (Lipinski definition) is 6. The second-order valence-electron chi connectivity index (χ2n) is 2.67. The van der Waals surface area contributed by atoms with Gasteiger partial charge < -0.3 is 21.1 Å². The highest BCUT2D eigenvalue weighted by molar-refractivity contribution is 7.09. The van der Waals surface area contributed by atoms with E-state index in [9.17, 15) is 14.7 Å². The van der Waals surface area contributed by atoms with Crippen LogP contribution in [-0.2, 0) is 4.79 Å². The molecule has 0 aromatic carbocycles. The monoisotopic (exact) mass is 232 g/mol. The Bertz CT molecular complexity index is 390. The molecule has 0 spiro atoms. The van der Waals surface area contributed by atoms with Gasteiger partial charge in [0.2, 0.25) is 5.91 Å². The first-order valence-electron chi connectivity index (χ1n) is 3.77. The molecular formula is C7H8N2O5S. The van der Waals surface area contributed by atoms with Crippen molar-refractivity contribution in [3.63, 3.8) is 0 Å². The van der Waals surface area contributed by atoms with Gasteiger partial charge in [0, 0.05) is 5.38 Å². The number of aliphatic hydroxyl groups excluding tert-OH is 2. The molecule has 82 valence electrons. The van der Waals surface area contributed by atoms with Crippen LogP contribution in [0.1, 0.15) is 21.6 Å². The molecule has 0 saturated carbocycles. The summed E-state index contributed by atoms with van der Waals surface area (Å²) in [7, 11) is 0. The minimum atomic E-state index is -1.79. The summed E-state index contributed by atoms with van der Waals surface area (Å²) >= 11 is 0.822. The summed E-state index contributed by atoms with van der Waals surface area (Å²) in [6, 6.07) is 0. The normalized spacial score (nSPS) is 14.5. The molecule has 1 aromatic rings.